The number of aryl methyl sites for hydroxylation is 1. The Labute approximate surface area is 195 Å². The number of hydrogen-bond donors (Lipinski definition) is 3. The smallest absolute Gasteiger partial charge is 0.330 e. The monoisotopic (exact) mass is 462 g/mol. The zero-order valence-corrected chi connectivity index (χ0v) is 18.6. The number of benzene rings is 2. The van der Waals surface area contributed by atoms with Gasteiger partial charge in [0.25, 0.3) is 5.56 Å². The minimum Gasteiger partial charge on any atom is -0.390 e. The highest BCUT2D eigenvalue weighted by molar-refractivity contribution is 5.61. The second-order valence-electron chi connectivity index (χ2n) is 8.53. The molecule has 0 bridgehead atoms. The first-order valence-corrected chi connectivity index (χ1v) is 11.1. The van der Waals surface area contributed by atoms with E-state index >= 15 is 0 Å². The third kappa shape index (κ3) is 3.94. The number of aliphatic hydroxyl groups excluding tert-OH is 2. The molecule has 1 unspecified atom stereocenters. The quantitative estimate of drug-likeness (QED) is 0.529. The van der Waals surface area contributed by atoms with Crippen LogP contribution in [-0.2, 0) is 4.74 Å². The Bertz CT molecular complexity index is 1240. The fourth-order valence-corrected chi connectivity index (χ4v) is 4.59. The number of H-pyrrole nitrogens is 1. The number of aromatic amines is 1. The number of aromatic nitrogens is 2. The molecule has 2 aromatic carbocycles. The van der Waals surface area contributed by atoms with E-state index in [4.69, 9.17) is 4.74 Å². The van der Waals surface area contributed by atoms with Crippen molar-refractivity contribution in [3.8, 4) is 0 Å². The van der Waals surface area contributed by atoms with E-state index < -0.39 is 42.0 Å². The average Bonchev–Trinajstić information content (AvgIpc) is 3.46. The molecule has 3 heterocycles. The summed E-state index contributed by atoms with van der Waals surface area (Å²) in [7, 11) is 0. The number of ether oxygens (including phenoxy) is 1. The van der Waals surface area contributed by atoms with Crippen LogP contribution >= 0.6 is 0 Å². The van der Waals surface area contributed by atoms with Crippen LogP contribution in [0.5, 0.6) is 0 Å². The van der Waals surface area contributed by atoms with E-state index in [1.165, 1.54) is 10.8 Å². The van der Waals surface area contributed by atoms with E-state index in [2.05, 4.69) is 4.98 Å². The van der Waals surface area contributed by atoms with Crippen molar-refractivity contribution in [1.29, 1.82) is 0 Å². The first-order valence-electron chi connectivity index (χ1n) is 11.1. The first-order chi connectivity index (χ1) is 16.4. The molecule has 0 aliphatic carbocycles. The Morgan fingerprint density at radius 3 is 2.09 bits per heavy atom. The molecule has 3 aromatic rings. The van der Waals surface area contributed by atoms with Crippen LogP contribution in [0.3, 0.4) is 0 Å². The van der Waals surface area contributed by atoms with Gasteiger partial charge in [-0.15, -0.1) is 0 Å². The van der Waals surface area contributed by atoms with E-state index in [0.717, 1.165) is 11.4 Å². The molecule has 0 amide bonds. The van der Waals surface area contributed by atoms with E-state index in [1.807, 2.05) is 82.9 Å². The molecule has 0 saturated carbocycles. The molecule has 1 fully saturated rings. The summed E-state index contributed by atoms with van der Waals surface area (Å²) in [5.74, 6) is 0. The fraction of sp³-hybridized carbons (Fsp3) is 0.280. The van der Waals surface area contributed by atoms with E-state index in [-0.39, 0.29) is 6.42 Å². The Balaban J connectivity index is 1.47. The highest BCUT2D eigenvalue weighted by Gasteiger charge is 2.47. The maximum Gasteiger partial charge on any atom is 0.330 e. The van der Waals surface area contributed by atoms with Gasteiger partial charge in [0.05, 0.1) is 6.10 Å². The van der Waals surface area contributed by atoms with Gasteiger partial charge in [0.1, 0.15) is 24.6 Å². The van der Waals surface area contributed by atoms with Crippen LogP contribution in [-0.4, -0.2) is 44.2 Å². The van der Waals surface area contributed by atoms with Crippen molar-refractivity contribution >= 4 is 11.4 Å². The average molecular weight is 463 g/mol. The third-order valence-electron chi connectivity index (χ3n) is 6.30. The van der Waals surface area contributed by atoms with E-state index in [9.17, 15) is 19.8 Å². The van der Waals surface area contributed by atoms with Crippen LogP contribution in [0.25, 0.3) is 0 Å². The molecule has 0 radical (unpaired) electrons. The Hall–Kier alpha value is -3.66. The lowest BCUT2D eigenvalue weighted by molar-refractivity contribution is -0.0890. The number of para-hydroxylation sites is 2. The van der Waals surface area contributed by atoms with Crippen LogP contribution in [0, 0.1) is 6.92 Å². The topological polar surface area (TPSA) is 111 Å². The SMILES string of the molecule is Cc1cn([C@H]2C[C@H](O)[C@@H](C(O)C3N(c4ccccc4)C=CN3c3ccccc3)O2)c(=O)[nH]c1=O. The number of hydrogen-bond acceptors (Lipinski definition) is 7. The Morgan fingerprint density at radius 1 is 0.971 bits per heavy atom. The predicted molar refractivity (Wildman–Crippen MR) is 127 cm³/mol. The summed E-state index contributed by atoms with van der Waals surface area (Å²) < 4.78 is 7.29. The van der Waals surface area contributed by atoms with Gasteiger partial charge in [0, 0.05) is 42.0 Å². The van der Waals surface area contributed by atoms with Gasteiger partial charge >= 0.3 is 5.69 Å². The fourth-order valence-electron chi connectivity index (χ4n) is 4.59. The molecule has 2 aliphatic rings. The first kappa shape index (κ1) is 22.1. The van der Waals surface area contributed by atoms with Crippen LogP contribution in [0.15, 0.2) is 88.8 Å². The van der Waals surface area contributed by atoms with Crippen molar-refractivity contribution in [3.05, 3.63) is 106 Å². The summed E-state index contributed by atoms with van der Waals surface area (Å²) in [5, 5.41) is 22.4. The molecule has 0 spiro atoms. The van der Waals surface area contributed by atoms with E-state index in [1.54, 1.807) is 6.92 Å². The Kier molecular flexibility index (Phi) is 5.82. The lowest BCUT2D eigenvalue weighted by Gasteiger charge is -2.38. The minimum absolute atomic E-state index is 0.101. The van der Waals surface area contributed by atoms with Gasteiger partial charge in [-0.2, -0.15) is 0 Å². The molecule has 5 rings (SSSR count). The van der Waals surface area contributed by atoms with Gasteiger partial charge in [-0.25, -0.2) is 4.79 Å². The van der Waals surface area contributed by atoms with Crippen molar-refractivity contribution < 1.29 is 14.9 Å². The van der Waals surface area contributed by atoms with Crippen LogP contribution in [0.1, 0.15) is 18.2 Å². The molecule has 9 nitrogen and oxygen atoms in total. The largest absolute Gasteiger partial charge is 0.390 e. The van der Waals surface area contributed by atoms with Gasteiger partial charge in [0.15, 0.2) is 0 Å². The van der Waals surface area contributed by atoms with Crippen molar-refractivity contribution in [2.24, 2.45) is 0 Å². The third-order valence-corrected chi connectivity index (χ3v) is 6.30. The van der Waals surface area contributed by atoms with Crippen molar-refractivity contribution in [3.63, 3.8) is 0 Å². The second-order valence-corrected chi connectivity index (χ2v) is 8.53. The van der Waals surface area contributed by atoms with Gasteiger partial charge in [-0.3, -0.25) is 14.3 Å². The van der Waals surface area contributed by atoms with Crippen LogP contribution in [0.2, 0.25) is 0 Å². The normalized spacial score (nSPS) is 23.6. The summed E-state index contributed by atoms with van der Waals surface area (Å²) in [6.45, 7) is 1.59. The summed E-state index contributed by atoms with van der Waals surface area (Å²) in [6.07, 6.45) is 0.729. The lowest BCUT2D eigenvalue weighted by atomic mass is 10.0. The number of anilines is 2. The summed E-state index contributed by atoms with van der Waals surface area (Å²) >= 11 is 0. The summed E-state index contributed by atoms with van der Waals surface area (Å²) in [6, 6.07) is 19.3. The molecular formula is C25H26N4O5. The number of nitrogens with one attached hydrogen (secondary N) is 1. The molecule has 1 aromatic heterocycles. The molecular weight excluding hydrogens is 436 g/mol. The van der Waals surface area contributed by atoms with Crippen molar-refractivity contribution in [2.75, 3.05) is 9.80 Å². The molecule has 34 heavy (non-hydrogen) atoms. The van der Waals surface area contributed by atoms with Crippen molar-refractivity contribution in [2.45, 2.75) is 44.1 Å². The number of nitrogens with zero attached hydrogens (tertiary/aromatic N) is 3. The summed E-state index contributed by atoms with van der Waals surface area (Å²) in [4.78, 5) is 30.2. The highest BCUT2D eigenvalue weighted by Crippen LogP contribution is 2.36. The molecule has 9 heteroatoms. The molecule has 4 atom stereocenters. The summed E-state index contributed by atoms with van der Waals surface area (Å²) in [5.41, 5.74) is 1.01. The zero-order chi connectivity index (χ0) is 23.8. The molecule has 1 saturated heterocycles. The van der Waals surface area contributed by atoms with Crippen LogP contribution in [0.4, 0.5) is 11.4 Å². The zero-order valence-electron chi connectivity index (χ0n) is 18.6. The number of aliphatic hydroxyl groups is 2. The van der Waals surface area contributed by atoms with Gasteiger partial charge in [-0.1, -0.05) is 36.4 Å². The predicted octanol–water partition coefficient (Wildman–Crippen LogP) is 1.68. The molecule has 2 aliphatic heterocycles. The van der Waals surface area contributed by atoms with E-state index in [0.29, 0.717) is 5.56 Å². The number of rotatable bonds is 5. The molecule has 176 valence electrons. The Morgan fingerprint density at radius 2 is 1.53 bits per heavy atom. The van der Waals surface area contributed by atoms with Gasteiger partial charge in [0.2, 0.25) is 0 Å². The highest BCUT2D eigenvalue weighted by atomic mass is 16.5. The second kappa shape index (κ2) is 8.94. The standard InChI is InChI=1S/C25H26N4O5/c1-16-15-29(25(33)26-23(16)32)20-14-19(30)22(34-20)21(31)24-27(17-8-4-2-5-9-17)12-13-28(24)18-10-6-3-7-11-18/h2-13,15,19-22,24,30-31H,14H2,1H3,(H,26,32,33)/t19-,20+,21?,22-/m0/s1. The minimum atomic E-state index is -1.14. The maximum absolute atomic E-state index is 12.3. The van der Waals surface area contributed by atoms with Crippen molar-refractivity contribution in [1.82, 2.24) is 9.55 Å². The van der Waals surface area contributed by atoms with Gasteiger partial charge < -0.3 is 24.7 Å². The maximum atomic E-state index is 12.3. The lowest BCUT2D eigenvalue weighted by Crippen LogP contribution is -2.54. The van der Waals surface area contributed by atoms with Gasteiger partial charge in [-0.05, 0) is 31.2 Å². The van der Waals surface area contributed by atoms with Crippen LogP contribution < -0.4 is 21.0 Å². The molecule has 3 N–H and O–H groups in total.